The van der Waals surface area contributed by atoms with Gasteiger partial charge in [-0.1, -0.05) is 13.0 Å². The van der Waals surface area contributed by atoms with Crippen molar-refractivity contribution in [2.45, 2.75) is 20.3 Å². The molecule has 0 saturated heterocycles. The fourth-order valence-electron chi connectivity index (χ4n) is 1.43. The molecule has 94 valence electrons. The fraction of sp³-hybridized carbons (Fsp3) is 0.462. The summed E-state index contributed by atoms with van der Waals surface area (Å²) in [5, 5.41) is 7.46. The number of nitrogens with one attached hydrogen (secondary N) is 1. The zero-order valence-corrected chi connectivity index (χ0v) is 10.5. The Hall–Kier alpha value is -1.55. The Morgan fingerprint density at radius 2 is 2.06 bits per heavy atom. The first-order valence-corrected chi connectivity index (χ1v) is 5.80. The van der Waals surface area contributed by atoms with Crippen LogP contribution < -0.4 is 10.5 Å². The number of rotatable bonds is 7. The molecule has 4 nitrogen and oxygen atoms in total. The van der Waals surface area contributed by atoms with Crippen LogP contribution in [0, 0.1) is 12.3 Å². The van der Waals surface area contributed by atoms with Crippen LogP contribution in [0.4, 0.5) is 0 Å². The molecule has 1 aromatic carbocycles. The number of hydrogen-bond donors (Lipinski definition) is 2. The second-order valence-electron chi connectivity index (χ2n) is 3.87. The number of hydrogen-bond acceptors (Lipinski definition) is 3. The van der Waals surface area contributed by atoms with Crippen LogP contribution in [0.1, 0.15) is 24.5 Å². The Morgan fingerprint density at radius 3 is 2.71 bits per heavy atom. The molecule has 3 N–H and O–H groups in total. The van der Waals surface area contributed by atoms with Gasteiger partial charge in [0, 0.05) is 6.61 Å². The van der Waals surface area contributed by atoms with Crippen LogP contribution in [-0.4, -0.2) is 25.7 Å². The number of nitrogen functional groups attached to an aromatic ring is 1. The van der Waals surface area contributed by atoms with E-state index in [0.29, 0.717) is 24.5 Å². The van der Waals surface area contributed by atoms with E-state index in [-0.39, 0.29) is 5.84 Å². The van der Waals surface area contributed by atoms with Gasteiger partial charge in [0.05, 0.1) is 12.2 Å². The highest BCUT2D eigenvalue weighted by molar-refractivity contribution is 5.97. The van der Waals surface area contributed by atoms with Gasteiger partial charge in [-0.05, 0) is 31.0 Å². The molecular formula is C13H20N2O2. The smallest absolute Gasteiger partial charge is 0.130 e. The molecule has 0 amide bonds. The van der Waals surface area contributed by atoms with Crippen LogP contribution in [-0.2, 0) is 4.74 Å². The third-order valence-electron chi connectivity index (χ3n) is 2.26. The maximum Gasteiger partial charge on any atom is 0.130 e. The molecule has 0 spiro atoms. The van der Waals surface area contributed by atoms with E-state index in [1.165, 1.54) is 0 Å². The van der Waals surface area contributed by atoms with Gasteiger partial charge in [0.15, 0.2) is 0 Å². The number of ether oxygens (including phenoxy) is 2. The number of aryl methyl sites for hydroxylation is 1. The Bertz CT molecular complexity index is 378. The second kappa shape index (κ2) is 6.91. The Kier molecular flexibility index (Phi) is 5.49. The van der Waals surface area contributed by atoms with Gasteiger partial charge >= 0.3 is 0 Å². The van der Waals surface area contributed by atoms with Crippen molar-refractivity contribution in [2.75, 3.05) is 19.8 Å². The molecule has 0 bridgehead atoms. The lowest BCUT2D eigenvalue weighted by Gasteiger charge is -2.11. The Labute approximate surface area is 102 Å². The van der Waals surface area contributed by atoms with Crippen molar-refractivity contribution in [2.24, 2.45) is 5.73 Å². The van der Waals surface area contributed by atoms with Gasteiger partial charge in [-0.15, -0.1) is 0 Å². The molecule has 4 heteroatoms. The fourth-order valence-corrected chi connectivity index (χ4v) is 1.43. The van der Waals surface area contributed by atoms with E-state index < -0.39 is 0 Å². The molecular weight excluding hydrogens is 216 g/mol. The first-order chi connectivity index (χ1) is 8.15. The largest absolute Gasteiger partial charge is 0.490 e. The van der Waals surface area contributed by atoms with E-state index in [1.54, 1.807) is 6.07 Å². The lowest BCUT2D eigenvalue weighted by atomic mass is 10.1. The van der Waals surface area contributed by atoms with E-state index in [9.17, 15) is 0 Å². The van der Waals surface area contributed by atoms with Crippen LogP contribution in [0.15, 0.2) is 18.2 Å². The number of nitrogens with two attached hydrogens (primary N) is 1. The van der Waals surface area contributed by atoms with Crippen molar-refractivity contribution < 1.29 is 9.47 Å². The average Bonchev–Trinajstić information content (AvgIpc) is 2.28. The summed E-state index contributed by atoms with van der Waals surface area (Å²) in [5.74, 6) is 0.673. The molecule has 1 aromatic rings. The number of benzene rings is 1. The first-order valence-electron chi connectivity index (χ1n) is 5.80. The lowest BCUT2D eigenvalue weighted by molar-refractivity contribution is 0.101. The van der Waals surface area contributed by atoms with Crippen LogP contribution >= 0.6 is 0 Å². The molecule has 0 aliphatic rings. The molecule has 0 aliphatic heterocycles. The molecule has 1 rings (SSSR count). The van der Waals surface area contributed by atoms with Crippen molar-refractivity contribution in [3.8, 4) is 5.75 Å². The van der Waals surface area contributed by atoms with Crippen molar-refractivity contribution in [1.82, 2.24) is 0 Å². The highest BCUT2D eigenvalue weighted by atomic mass is 16.5. The normalized spacial score (nSPS) is 10.2. The SMILES string of the molecule is CCCOCCOc1cc(C)ccc1C(=N)N. The van der Waals surface area contributed by atoms with E-state index in [1.807, 2.05) is 19.1 Å². The summed E-state index contributed by atoms with van der Waals surface area (Å²) in [6.45, 7) is 5.82. The first kappa shape index (κ1) is 13.5. The summed E-state index contributed by atoms with van der Waals surface area (Å²) in [6.07, 6.45) is 1.00. The van der Waals surface area contributed by atoms with Crippen LogP contribution in [0.2, 0.25) is 0 Å². The molecule has 17 heavy (non-hydrogen) atoms. The van der Waals surface area contributed by atoms with Gasteiger partial charge < -0.3 is 15.2 Å². The third-order valence-corrected chi connectivity index (χ3v) is 2.26. The molecule has 0 aromatic heterocycles. The van der Waals surface area contributed by atoms with Crippen LogP contribution in [0.25, 0.3) is 0 Å². The summed E-state index contributed by atoms with van der Waals surface area (Å²) in [5.41, 5.74) is 7.20. The van der Waals surface area contributed by atoms with Gasteiger partial charge in [-0.3, -0.25) is 5.41 Å². The molecule has 0 saturated carbocycles. The summed E-state index contributed by atoms with van der Waals surface area (Å²) >= 11 is 0. The third kappa shape index (κ3) is 4.44. The molecule has 0 radical (unpaired) electrons. The van der Waals surface area contributed by atoms with E-state index in [0.717, 1.165) is 18.6 Å². The maximum absolute atomic E-state index is 7.46. The summed E-state index contributed by atoms with van der Waals surface area (Å²) in [7, 11) is 0. The Morgan fingerprint density at radius 1 is 1.29 bits per heavy atom. The van der Waals surface area contributed by atoms with E-state index in [2.05, 4.69) is 6.92 Å². The standard InChI is InChI=1S/C13H20N2O2/c1-3-6-16-7-8-17-12-9-10(2)4-5-11(12)13(14)15/h4-5,9H,3,6-8H2,1-2H3,(H3,14,15). The van der Waals surface area contributed by atoms with Crippen molar-refractivity contribution in [3.05, 3.63) is 29.3 Å². The van der Waals surface area contributed by atoms with Crippen molar-refractivity contribution in [3.63, 3.8) is 0 Å². The second-order valence-corrected chi connectivity index (χ2v) is 3.87. The summed E-state index contributed by atoms with van der Waals surface area (Å²) in [6, 6.07) is 5.60. The molecule has 0 aliphatic carbocycles. The van der Waals surface area contributed by atoms with Gasteiger partial charge in [0.1, 0.15) is 18.2 Å². The maximum atomic E-state index is 7.46. The minimum Gasteiger partial charge on any atom is -0.490 e. The van der Waals surface area contributed by atoms with Gasteiger partial charge in [-0.2, -0.15) is 0 Å². The van der Waals surface area contributed by atoms with Crippen LogP contribution in [0.3, 0.4) is 0 Å². The average molecular weight is 236 g/mol. The zero-order chi connectivity index (χ0) is 12.7. The highest BCUT2D eigenvalue weighted by Crippen LogP contribution is 2.19. The van der Waals surface area contributed by atoms with Crippen molar-refractivity contribution in [1.29, 1.82) is 5.41 Å². The summed E-state index contributed by atoms with van der Waals surface area (Å²) in [4.78, 5) is 0. The minimum absolute atomic E-state index is 0.0227. The van der Waals surface area contributed by atoms with E-state index >= 15 is 0 Å². The zero-order valence-electron chi connectivity index (χ0n) is 10.5. The minimum atomic E-state index is 0.0227. The topological polar surface area (TPSA) is 68.3 Å². The molecule has 0 fully saturated rings. The number of amidine groups is 1. The monoisotopic (exact) mass is 236 g/mol. The molecule has 0 heterocycles. The summed E-state index contributed by atoms with van der Waals surface area (Å²) < 4.78 is 10.9. The predicted octanol–water partition coefficient (Wildman–Crippen LogP) is 2.08. The molecule has 0 atom stereocenters. The predicted molar refractivity (Wildman–Crippen MR) is 68.8 cm³/mol. The lowest BCUT2D eigenvalue weighted by Crippen LogP contribution is -2.15. The van der Waals surface area contributed by atoms with Gasteiger partial charge in [0.25, 0.3) is 0 Å². The van der Waals surface area contributed by atoms with Crippen LogP contribution in [0.5, 0.6) is 5.75 Å². The van der Waals surface area contributed by atoms with E-state index in [4.69, 9.17) is 20.6 Å². The highest BCUT2D eigenvalue weighted by Gasteiger charge is 2.06. The van der Waals surface area contributed by atoms with Gasteiger partial charge in [0.2, 0.25) is 0 Å². The van der Waals surface area contributed by atoms with Crippen molar-refractivity contribution >= 4 is 5.84 Å². The Balaban J connectivity index is 2.56. The molecule has 0 unspecified atom stereocenters. The van der Waals surface area contributed by atoms with Gasteiger partial charge in [-0.25, -0.2) is 0 Å². The quantitative estimate of drug-likeness (QED) is 0.432.